The van der Waals surface area contributed by atoms with Crippen LogP contribution in [0, 0.1) is 13.8 Å². The Morgan fingerprint density at radius 2 is 1.38 bits per heavy atom. The molecule has 4 aromatic rings. The van der Waals surface area contributed by atoms with Crippen molar-refractivity contribution in [2.75, 3.05) is 14.2 Å². The Balaban J connectivity index is 1.79. The summed E-state index contributed by atoms with van der Waals surface area (Å²) < 4.78 is 18.0. The molecule has 3 nitrogen and oxygen atoms in total. The Kier molecular flexibility index (Phi) is 4.90. The van der Waals surface area contributed by atoms with E-state index in [4.69, 9.17) is 14.2 Å². The van der Waals surface area contributed by atoms with Gasteiger partial charge in [-0.15, -0.1) is 0 Å². The van der Waals surface area contributed by atoms with Gasteiger partial charge < -0.3 is 14.2 Å². The summed E-state index contributed by atoms with van der Waals surface area (Å²) in [4.78, 5) is 0. The molecule has 0 aromatic heterocycles. The van der Waals surface area contributed by atoms with Crippen LogP contribution in [0.4, 0.5) is 0 Å². The quantitative estimate of drug-likeness (QED) is 0.361. The van der Waals surface area contributed by atoms with Crippen LogP contribution >= 0.6 is 0 Å². The van der Waals surface area contributed by atoms with Crippen molar-refractivity contribution in [2.45, 2.75) is 19.4 Å². The molecule has 5 rings (SSSR count). The molecule has 3 heteroatoms. The fraction of sp³-hybridized carbons (Fsp3) is 0.172. The van der Waals surface area contributed by atoms with E-state index >= 15 is 0 Å². The SMILES string of the molecule is COc1ccc(C2(c3ccccc3)C=Cc3c(C)cc4c(C)cc(OC)cc4c3O2)cc1. The molecule has 0 saturated carbocycles. The minimum atomic E-state index is -0.752. The predicted molar refractivity (Wildman–Crippen MR) is 130 cm³/mol. The fourth-order valence-electron chi connectivity index (χ4n) is 4.60. The summed E-state index contributed by atoms with van der Waals surface area (Å²) in [6.45, 7) is 4.25. The molecular weight excluding hydrogens is 396 g/mol. The van der Waals surface area contributed by atoms with Crippen LogP contribution in [-0.4, -0.2) is 14.2 Å². The van der Waals surface area contributed by atoms with Gasteiger partial charge in [0.25, 0.3) is 0 Å². The molecular formula is C29H26O3. The molecule has 1 aliphatic heterocycles. The van der Waals surface area contributed by atoms with Crippen LogP contribution in [0.1, 0.15) is 27.8 Å². The molecule has 160 valence electrons. The minimum absolute atomic E-state index is 0.752. The summed E-state index contributed by atoms with van der Waals surface area (Å²) in [7, 11) is 3.38. The van der Waals surface area contributed by atoms with E-state index in [-0.39, 0.29) is 0 Å². The largest absolute Gasteiger partial charge is 0.497 e. The summed E-state index contributed by atoms with van der Waals surface area (Å²) in [5.74, 6) is 2.52. The number of hydrogen-bond acceptors (Lipinski definition) is 3. The molecule has 32 heavy (non-hydrogen) atoms. The fourth-order valence-corrected chi connectivity index (χ4v) is 4.60. The molecule has 0 fully saturated rings. The second-order valence-corrected chi connectivity index (χ2v) is 8.24. The van der Waals surface area contributed by atoms with Crippen LogP contribution < -0.4 is 14.2 Å². The average molecular weight is 423 g/mol. The number of fused-ring (bicyclic) bond motifs is 3. The Bertz CT molecular complexity index is 1320. The Hall–Kier alpha value is -3.72. The summed E-state index contributed by atoms with van der Waals surface area (Å²) in [6.07, 6.45) is 4.36. The van der Waals surface area contributed by atoms with E-state index in [2.05, 4.69) is 80.6 Å². The van der Waals surface area contributed by atoms with Crippen LogP contribution in [-0.2, 0) is 5.60 Å². The van der Waals surface area contributed by atoms with E-state index in [1.807, 2.05) is 18.2 Å². The first-order chi connectivity index (χ1) is 15.6. The highest BCUT2D eigenvalue weighted by atomic mass is 16.5. The van der Waals surface area contributed by atoms with Gasteiger partial charge in [0.15, 0.2) is 5.60 Å². The molecule has 1 unspecified atom stereocenters. The highest BCUT2D eigenvalue weighted by molar-refractivity contribution is 5.97. The van der Waals surface area contributed by atoms with Gasteiger partial charge in [0.05, 0.1) is 14.2 Å². The van der Waals surface area contributed by atoms with Gasteiger partial charge in [0, 0.05) is 22.1 Å². The number of rotatable bonds is 4. The molecule has 0 N–H and O–H groups in total. The smallest absolute Gasteiger partial charge is 0.178 e. The third-order valence-corrected chi connectivity index (χ3v) is 6.34. The molecule has 0 saturated heterocycles. The molecule has 1 aliphatic rings. The van der Waals surface area contributed by atoms with Crippen LogP contribution in [0.5, 0.6) is 17.2 Å². The lowest BCUT2D eigenvalue weighted by Crippen LogP contribution is -2.34. The predicted octanol–water partition coefficient (Wildman–Crippen LogP) is 6.82. The molecule has 0 bridgehead atoms. The van der Waals surface area contributed by atoms with Gasteiger partial charge in [-0.05, 0) is 60.7 Å². The van der Waals surface area contributed by atoms with Gasteiger partial charge in [-0.3, -0.25) is 0 Å². The van der Waals surface area contributed by atoms with Crippen molar-refractivity contribution in [3.05, 3.63) is 107 Å². The second kappa shape index (κ2) is 7.76. The molecule has 1 heterocycles. The summed E-state index contributed by atoms with van der Waals surface area (Å²) >= 11 is 0. The maximum atomic E-state index is 7.03. The van der Waals surface area contributed by atoms with Crippen molar-refractivity contribution < 1.29 is 14.2 Å². The summed E-state index contributed by atoms with van der Waals surface area (Å²) in [5, 5.41) is 2.23. The third kappa shape index (κ3) is 3.13. The van der Waals surface area contributed by atoms with E-state index < -0.39 is 5.60 Å². The monoisotopic (exact) mass is 422 g/mol. The van der Waals surface area contributed by atoms with Crippen molar-refractivity contribution in [1.82, 2.24) is 0 Å². The van der Waals surface area contributed by atoms with Gasteiger partial charge in [0.1, 0.15) is 17.2 Å². The first-order valence-corrected chi connectivity index (χ1v) is 10.8. The summed E-state index contributed by atoms with van der Waals surface area (Å²) in [5.41, 5.74) is 4.82. The topological polar surface area (TPSA) is 27.7 Å². The van der Waals surface area contributed by atoms with Crippen molar-refractivity contribution in [3.63, 3.8) is 0 Å². The van der Waals surface area contributed by atoms with Crippen molar-refractivity contribution in [1.29, 1.82) is 0 Å². The van der Waals surface area contributed by atoms with Crippen molar-refractivity contribution >= 4 is 16.8 Å². The molecule has 0 spiro atoms. The van der Waals surface area contributed by atoms with E-state index in [0.717, 1.165) is 44.9 Å². The molecule has 0 aliphatic carbocycles. The lowest BCUT2D eigenvalue weighted by Gasteiger charge is -2.37. The van der Waals surface area contributed by atoms with Gasteiger partial charge in [0.2, 0.25) is 0 Å². The first-order valence-electron chi connectivity index (χ1n) is 10.8. The zero-order valence-corrected chi connectivity index (χ0v) is 18.8. The lowest BCUT2D eigenvalue weighted by molar-refractivity contribution is 0.163. The van der Waals surface area contributed by atoms with Gasteiger partial charge >= 0.3 is 0 Å². The first kappa shape index (κ1) is 20.2. The molecule has 0 amide bonds. The zero-order chi connectivity index (χ0) is 22.3. The van der Waals surface area contributed by atoms with Gasteiger partial charge in [-0.1, -0.05) is 54.6 Å². The third-order valence-electron chi connectivity index (χ3n) is 6.34. The highest BCUT2D eigenvalue weighted by Crippen LogP contribution is 2.47. The maximum absolute atomic E-state index is 7.03. The highest BCUT2D eigenvalue weighted by Gasteiger charge is 2.38. The van der Waals surface area contributed by atoms with E-state index in [0.29, 0.717) is 0 Å². The van der Waals surface area contributed by atoms with E-state index in [9.17, 15) is 0 Å². The van der Waals surface area contributed by atoms with Crippen LogP contribution in [0.15, 0.2) is 78.9 Å². The lowest BCUT2D eigenvalue weighted by atomic mass is 9.82. The van der Waals surface area contributed by atoms with Crippen LogP contribution in [0.3, 0.4) is 0 Å². The number of methoxy groups -OCH3 is 2. The van der Waals surface area contributed by atoms with E-state index in [1.54, 1.807) is 14.2 Å². The normalized spacial score (nSPS) is 17.0. The maximum Gasteiger partial charge on any atom is 0.178 e. The average Bonchev–Trinajstić information content (AvgIpc) is 2.85. The number of hydrogen-bond donors (Lipinski definition) is 0. The molecule has 0 radical (unpaired) electrons. The van der Waals surface area contributed by atoms with Gasteiger partial charge in [-0.2, -0.15) is 0 Å². The Morgan fingerprint density at radius 3 is 2.06 bits per heavy atom. The van der Waals surface area contributed by atoms with Crippen molar-refractivity contribution in [3.8, 4) is 17.2 Å². The van der Waals surface area contributed by atoms with Crippen LogP contribution in [0.25, 0.3) is 16.8 Å². The number of ether oxygens (including phenoxy) is 3. The van der Waals surface area contributed by atoms with Gasteiger partial charge in [-0.25, -0.2) is 0 Å². The Labute approximate surface area is 188 Å². The summed E-state index contributed by atoms with van der Waals surface area (Å²) in [6, 6.07) is 24.8. The second-order valence-electron chi connectivity index (χ2n) is 8.24. The molecule has 1 atom stereocenters. The Morgan fingerprint density at radius 1 is 0.688 bits per heavy atom. The molecule has 4 aromatic carbocycles. The zero-order valence-electron chi connectivity index (χ0n) is 18.8. The minimum Gasteiger partial charge on any atom is -0.497 e. The number of aryl methyl sites for hydroxylation is 2. The number of benzene rings is 4. The standard InChI is InChI=1S/C29H26O3/c1-19-16-24(31-4)18-27-26(19)17-20(2)25-14-15-29(32-28(25)27,21-8-6-5-7-9-21)22-10-12-23(30-3)13-11-22/h5-18H,1-4H3. The van der Waals surface area contributed by atoms with E-state index in [1.165, 1.54) is 10.9 Å². The van der Waals surface area contributed by atoms with Crippen molar-refractivity contribution in [2.24, 2.45) is 0 Å². The van der Waals surface area contributed by atoms with Crippen LogP contribution in [0.2, 0.25) is 0 Å².